The lowest BCUT2D eigenvalue weighted by Crippen LogP contribution is -2.27. The number of aliphatic hydroxyl groups is 1. The number of likely N-dealkylation sites (N-methyl/N-ethyl adjacent to an activating group) is 1. The minimum atomic E-state index is -0.789. The predicted molar refractivity (Wildman–Crippen MR) is 107 cm³/mol. The minimum absolute atomic E-state index is 0.00365. The molecule has 6 nitrogen and oxygen atoms in total. The zero-order valence-corrected chi connectivity index (χ0v) is 15.8. The number of rotatable bonds is 5. The third-order valence-corrected chi connectivity index (χ3v) is 5.53. The summed E-state index contributed by atoms with van der Waals surface area (Å²) in [5, 5.41) is 20.9. The molecule has 0 spiro atoms. The van der Waals surface area contributed by atoms with Gasteiger partial charge in [0.15, 0.2) is 0 Å². The topological polar surface area (TPSA) is 79.0 Å². The van der Waals surface area contributed by atoms with Crippen LogP contribution in [0.25, 0.3) is 0 Å². The van der Waals surface area contributed by atoms with Gasteiger partial charge in [-0.25, -0.2) is 0 Å². The van der Waals surface area contributed by atoms with E-state index in [1.54, 1.807) is 18.3 Å². The third-order valence-electron chi connectivity index (χ3n) is 5.53. The Balaban J connectivity index is 1.66. The molecule has 142 valence electrons. The Kier molecular flexibility index (Phi) is 5.28. The van der Waals surface area contributed by atoms with Crippen LogP contribution in [0.2, 0.25) is 0 Å². The number of benzene rings is 1. The van der Waals surface area contributed by atoms with Crippen molar-refractivity contribution in [3.63, 3.8) is 0 Å². The van der Waals surface area contributed by atoms with Gasteiger partial charge in [-0.2, -0.15) is 0 Å². The van der Waals surface area contributed by atoms with Crippen LogP contribution in [0, 0.1) is 21.4 Å². The Labute approximate surface area is 159 Å². The molecule has 3 rings (SSSR count). The number of aliphatic hydroxyl groups excluding tert-OH is 1. The first-order chi connectivity index (χ1) is 12.8. The van der Waals surface area contributed by atoms with Gasteiger partial charge in [-0.05, 0) is 23.8 Å². The quantitative estimate of drug-likeness (QED) is 0.489. The Morgan fingerprint density at radius 2 is 1.96 bits per heavy atom. The number of nitrogens with zero attached hydrogens (tertiary/aromatic N) is 3. The SMILES string of the molecule is CN1/C(=C\C=NCC(O)c2ccc([N+](=O)[O-])cc2)C(C)(C)C2C=CC=CC21. The molecule has 1 aromatic carbocycles. The van der Waals surface area contributed by atoms with Gasteiger partial charge in [-0.3, -0.25) is 15.1 Å². The smallest absolute Gasteiger partial charge is 0.269 e. The van der Waals surface area contributed by atoms with E-state index < -0.39 is 11.0 Å². The number of non-ortho nitro benzene ring substituents is 1. The molecule has 3 atom stereocenters. The summed E-state index contributed by atoms with van der Waals surface area (Å²) < 4.78 is 0. The second-order valence-corrected chi connectivity index (χ2v) is 7.55. The van der Waals surface area contributed by atoms with Gasteiger partial charge in [0.2, 0.25) is 0 Å². The van der Waals surface area contributed by atoms with Crippen LogP contribution in [0.15, 0.2) is 65.3 Å². The van der Waals surface area contributed by atoms with Gasteiger partial charge in [-0.1, -0.05) is 38.2 Å². The average Bonchev–Trinajstić information content (AvgIpc) is 2.85. The standard InChI is InChI=1S/C21H25N3O3/c1-21(2)17-6-4-5-7-18(17)23(3)20(21)12-13-22-14-19(25)15-8-10-16(11-9-15)24(26)27/h4-13,17-19,25H,14H2,1-3H3/b20-12-,22-13?. The van der Waals surface area contributed by atoms with E-state index in [1.807, 2.05) is 6.08 Å². The number of aliphatic imine (C=N–C) groups is 1. The maximum atomic E-state index is 10.7. The molecule has 1 heterocycles. The van der Waals surface area contributed by atoms with Crippen LogP contribution in [0.5, 0.6) is 0 Å². The summed E-state index contributed by atoms with van der Waals surface area (Å²) in [5.41, 5.74) is 1.84. The number of nitro groups is 1. The van der Waals surface area contributed by atoms with Crippen molar-refractivity contribution in [2.75, 3.05) is 13.6 Å². The molecule has 1 aromatic rings. The molecule has 0 amide bonds. The fourth-order valence-corrected chi connectivity index (χ4v) is 3.96. The number of hydrogen-bond donors (Lipinski definition) is 1. The molecule has 1 aliphatic carbocycles. The summed E-state index contributed by atoms with van der Waals surface area (Å²) >= 11 is 0. The number of likely N-dealkylation sites (tertiary alicyclic amines) is 1. The van der Waals surface area contributed by atoms with Crippen molar-refractivity contribution >= 4 is 11.9 Å². The average molecular weight is 367 g/mol. The highest BCUT2D eigenvalue weighted by Crippen LogP contribution is 2.49. The highest BCUT2D eigenvalue weighted by atomic mass is 16.6. The largest absolute Gasteiger partial charge is 0.386 e. The van der Waals surface area contributed by atoms with Gasteiger partial charge in [0.05, 0.1) is 23.6 Å². The maximum absolute atomic E-state index is 10.7. The first-order valence-corrected chi connectivity index (χ1v) is 9.03. The molecule has 0 bridgehead atoms. The molecule has 0 saturated carbocycles. The fraction of sp³-hybridized carbons (Fsp3) is 0.381. The Hall–Kier alpha value is -2.73. The molecular formula is C21H25N3O3. The first-order valence-electron chi connectivity index (χ1n) is 9.03. The molecule has 1 aliphatic heterocycles. The van der Waals surface area contributed by atoms with Crippen LogP contribution in [0.1, 0.15) is 25.5 Å². The Morgan fingerprint density at radius 3 is 2.59 bits per heavy atom. The number of fused-ring (bicyclic) bond motifs is 1. The second-order valence-electron chi connectivity index (χ2n) is 7.55. The predicted octanol–water partition coefficient (Wildman–Crippen LogP) is 3.67. The second kappa shape index (κ2) is 7.48. The highest BCUT2D eigenvalue weighted by molar-refractivity contribution is 5.72. The van der Waals surface area contributed by atoms with E-state index in [4.69, 9.17) is 0 Å². The van der Waals surface area contributed by atoms with E-state index >= 15 is 0 Å². The van der Waals surface area contributed by atoms with E-state index in [2.05, 4.69) is 55.1 Å². The van der Waals surface area contributed by atoms with Crippen LogP contribution < -0.4 is 0 Å². The Bertz CT molecular complexity index is 822. The van der Waals surface area contributed by atoms with Crippen molar-refractivity contribution in [1.29, 1.82) is 0 Å². The highest BCUT2D eigenvalue weighted by Gasteiger charge is 2.46. The lowest BCUT2D eigenvalue weighted by atomic mass is 9.75. The molecule has 0 radical (unpaired) electrons. The van der Waals surface area contributed by atoms with Gasteiger partial charge < -0.3 is 10.0 Å². The van der Waals surface area contributed by atoms with Gasteiger partial charge in [0, 0.05) is 42.4 Å². The number of hydrogen-bond acceptors (Lipinski definition) is 5. The summed E-state index contributed by atoms with van der Waals surface area (Å²) in [5.74, 6) is 0.429. The molecule has 0 aromatic heterocycles. The summed E-state index contributed by atoms with van der Waals surface area (Å²) in [7, 11) is 2.10. The molecule has 1 fully saturated rings. The molecule has 3 unspecified atom stereocenters. The van der Waals surface area contributed by atoms with Gasteiger partial charge in [-0.15, -0.1) is 0 Å². The maximum Gasteiger partial charge on any atom is 0.269 e. The fourth-order valence-electron chi connectivity index (χ4n) is 3.96. The van der Waals surface area contributed by atoms with Gasteiger partial charge in [0.25, 0.3) is 5.69 Å². The van der Waals surface area contributed by atoms with Crippen LogP contribution in [0.3, 0.4) is 0 Å². The van der Waals surface area contributed by atoms with E-state index in [9.17, 15) is 15.2 Å². The van der Waals surface area contributed by atoms with Crippen molar-refractivity contribution in [2.45, 2.75) is 26.0 Å². The van der Waals surface area contributed by atoms with Crippen molar-refractivity contribution in [3.05, 3.63) is 76.0 Å². The van der Waals surface area contributed by atoms with Crippen molar-refractivity contribution < 1.29 is 10.0 Å². The van der Waals surface area contributed by atoms with E-state index in [1.165, 1.54) is 17.8 Å². The van der Waals surface area contributed by atoms with Gasteiger partial charge >= 0.3 is 0 Å². The normalized spacial score (nSPS) is 25.9. The number of nitro benzene ring substituents is 1. The van der Waals surface area contributed by atoms with Crippen LogP contribution in [0.4, 0.5) is 5.69 Å². The van der Waals surface area contributed by atoms with E-state index in [0.717, 1.165) is 0 Å². The van der Waals surface area contributed by atoms with Crippen molar-refractivity contribution in [1.82, 2.24) is 4.90 Å². The molecule has 27 heavy (non-hydrogen) atoms. The van der Waals surface area contributed by atoms with Gasteiger partial charge in [0.1, 0.15) is 0 Å². The molecule has 1 saturated heterocycles. The third kappa shape index (κ3) is 3.71. The van der Waals surface area contributed by atoms with Crippen LogP contribution in [-0.4, -0.2) is 40.8 Å². The summed E-state index contributed by atoms with van der Waals surface area (Å²) in [6.45, 7) is 4.69. The van der Waals surface area contributed by atoms with Crippen molar-refractivity contribution in [3.8, 4) is 0 Å². The minimum Gasteiger partial charge on any atom is -0.386 e. The molecule has 2 aliphatic rings. The lowest BCUT2D eigenvalue weighted by Gasteiger charge is -2.26. The summed E-state index contributed by atoms with van der Waals surface area (Å²) in [6, 6.07) is 6.27. The Morgan fingerprint density at radius 1 is 1.30 bits per heavy atom. The molecule has 1 N–H and O–H groups in total. The number of allylic oxidation sites excluding steroid dienone is 4. The molecule has 6 heteroatoms. The summed E-state index contributed by atoms with van der Waals surface area (Å²) in [6.07, 6.45) is 11.7. The molecular weight excluding hydrogens is 342 g/mol. The summed E-state index contributed by atoms with van der Waals surface area (Å²) in [4.78, 5) is 16.9. The van der Waals surface area contributed by atoms with Crippen LogP contribution in [-0.2, 0) is 0 Å². The van der Waals surface area contributed by atoms with E-state index in [-0.39, 0.29) is 17.6 Å². The van der Waals surface area contributed by atoms with E-state index in [0.29, 0.717) is 17.5 Å². The zero-order valence-electron chi connectivity index (χ0n) is 15.8. The monoisotopic (exact) mass is 367 g/mol. The zero-order chi connectivity index (χ0) is 19.6. The first kappa shape index (κ1) is 19.0. The van der Waals surface area contributed by atoms with Crippen LogP contribution >= 0.6 is 0 Å². The van der Waals surface area contributed by atoms with Crippen molar-refractivity contribution in [2.24, 2.45) is 16.3 Å². The lowest BCUT2D eigenvalue weighted by molar-refractivity contribution is -0.384.